The molecule has 4 nitrogen and oxygen atoms in total. The monoisotopic (exact) mass is 365 g/mol. The summed E-state index contributed by atoms with van der Waals surface area (Å²) >= 11 is 5.88. The van der Waals surface area contributed by atoms with Gasteiger partial charge in [-0.3, -0.25) is 4.79 Å². The maximum atomic E-state index is 12.4. The molecule has 3 rings (SSSR count). The predicted octanol–water partition coefficient (Wildman–Crippen LogP) is 5.39. The molecular weight excluding hydrogens is 346 g/mol. The zero-order valence-electron chi connectivity index (χ0n) is 14.6. The minimum absolute atomic E-state index is 0.228. The summed E-state index contributed by atoms with van der Waals surface area (Å²) in [4.78, 5) is 20.9. The molecule has 0 fully saturated rings. The smallest absolute Gasteiger partial charge is 0.258 e. The highest BCUT2D eigenvalue weighted by molar-refractivity contribution is 6.30. The number of aromatic nitrogens is 2. The fourth-order valence-corrected chi connectivity index (χ4v) is 2.66. The molecule has 26 heavy (non-hydrogen) atoms. The standard InChI is InChI=1S/C21H20ClN3O/c1-2-3-4-15-5-11-19(12-6-15)25-21(26)17-13-23-20(24-14-17)16-7-9-18(22)10-8-16/h5-14H,2-4H2,1H3,(H,25,26). The topological polar surface area (TPSA) is 54.9 Å². The molecule has 0 spiro atoms. The number of halogens is 1. The Balaban J connectivity index is 1.65. The summed E-state index contributed by atoms with van der Waals surface area (Å²) in [6.45, 7) is 2.18. The van der Waals surface area contributed by atoms with E-state index in [1.54, 1.807) is 12.1 Å². The Morgan fingerprint density at radius 3 is 2.27 bits per heavy atom. The molecule has 1 amide bonds. The van der Waals surface area contributed by atoms with E-state index < -0.39 is 0 Å². The first-order chi connectivity index (χ1) is 12.7. The zero-order chi connectivity index (χ0) is 18.4. The van der Waals surface area contributed by atoms with Gasteiger partial charge in [-0.2, -0.15) is 0 Å². The van der Waals surface area contributed by atoms with Crippen LogP contribution >= 0.6 is 11.6 Å². The Morgan fingerprint density at radius 2 is 1.65 bits per heavy atom. The van der Waals surface area contributed by atoms with Crippen LogP contribution in [0.3, 0.4) is 0 Å². The zero-order valence-corrected chi connectivity index (χ0v) is 15.3. The van der Waals surface area contributed by atoms with Crippen LogP contribution in [0.15, 0.2) is 60.9 Å². The van der Waals surface area contributed by atoms with E-state index in [-0.39, 0.29) is 5.91 Å². The van der Waals surface area contributed by atoms with Crippen molar-refractivity contribution in [3.05, 3.63) is 77.1 Å². The highest BCUT2D eigenvalue weighted by Crippen LogP contribution is 2.18. The minimum atomic E-state index is -0.228. The van der Waals surface area contributed by atoms with Gasteiger partial charge in [0.05, 0.1) is 5.56 Å². The Labute approximate surface area is 158 Å². The van der Waals surface area contributed by atoms with E-state index in [0.29, 0.717) is 16.4 Å². The van der Waals surface area contributed by atoms with E-state index in [1.165, 1.54) is 30.8 Å². The quantitative estimate of drug-likeness (QED) is 0.637. The lowest BCUT2D eigenvalue weighted by atomic mass is 10.1. The van der Waals surface area contributed by atoms with Gasteiger partial charge in [0.15, 0.2) is 5.82 Å². The normalized spacial score (nSPS) is 10.5. The second-order valence-electron chi connectivity index (χ2n) is 6.06. The van der Waals surface area contributed by atoms with Gasteiger partial charge >= 0.3 is 0 Å². The van der Waals surface area contributed by atoms with Gasteiger partial charge in [-0.15, -0.1) is 0 Å². The second kappa shape index (κ2) is 8.59. The van der Waals surface area contributed by atoms with E-state index in [2.05, 4.69) is 22.2 Å². The molecule has 1 N–H and O–H groups in total. The minimum Gasteiger partial charge on any atom is -0.322 e. The molecule has 3 aromatic rings. The molecular formula is C21H20ClN3O. The number of nitrogens with one attached hydrogen (secondary N) is 1. The largest absolute Gasteiger partial charge is 0.322 e. The van der Waals surface area contributed by atoms with Crippen molar-refractivity contribution in [1.29, 1.82) is 0 Å². The summed E-state index contributed by atoms with van der Waals surface area (Å²) in [6, 6.07) is 15.2. The van der Waals surface area contributed by atoms with Crippen LogP contribution in [-0.2, 0) is 6.42 Å². The lowest BCUT2D eigenvalue weighted by Crippen LogP contribution is -2.12. The first-order valence-corrected chi connectivity index (χ1v) is 9.02. The van der Waals surface area contributed by atoms with Crippen molar-refractivity contribution in [2.45, 2.75) is 26.2 Å². The highest BCUT2D eigenvalue weighted by Gasteiger charge is 2.09. The Morgan fingerprint density at radius 1 is 1.00 bits per heavy atom. The molecule has 1 heterocycles. The summed E-state index contributed by atoms with van der Waals surface area (Å²) in [7, 11) is 0. The van der Waals surface area contributed by atoms with Crippen LogP contribution in [0.4, 0.5) is 5.69 Å². The van der Waals surface area contributed by atoms with Crippen LogP contribution in [0.2, 0.25) is 5.02 Å². The maximum absolute atomic E-state index is 12.4. The van der Waals surface area contributed by atoms with Gasteiger partial charge in [0.2, 0.25) is 0 Å². The van der Waals surface area contributed by atoms with Crippen molar-refractivity contribution in [1.82, 2.24) is 9.97 Å². The van der Waals surface area contributed by atoms with Gasteiger partial charge in [-0.05, 0) is 54.8 Å². The second-order valence-corrected chi connectivity index (χ2v) is 6.49. The molecule has 0 radical (unpaired) electrons. The summed E-state index contributed by atoms with van der Waals surface area (Å²) in [6.07, 6.45) is 6.46. The number of carbonyl (C=O) groups is 1. The van der Waals surface area contributed by atoms with Crippen LogP contribution in [0, 0.1) is 0 Å². The number of rotatable bonds is 6. The molecule has 0 saturated carbocycles. The summed E-state index contributed by atoms with van der Waals surface area (Å²) in [5.41, 5.74) is 3.30. The number of benzene rings is 2. The number of amides is 1. The number of nitrogens with zero attached hydrogens (tertiary/aromatic N) is 2. The summed E-state index contributed by atoms with van der Waals surface area (Å²) < 4.78 is 0. The van der Waals surface area contributed by atoms with Gasteiger partial charge in [-0.25, -0.2) is 9.97 Å². The van der Waals surface area contributed by atoms with Crippen molar-refractivity contribution < 1.29 is 4.79 Å². The Hall–Kier alpha value is -2.72. The molecule has 0 unspecified atom stereocenters. The molecule has 2 aromatic carbocycles. The summed E-state index contributed by atoms with van der Waals surface area (Å²) in [5.74, 6) is 0.326. The van der Waals surface area contributed by atoms with Crippen molar-refractivity contribution in [3.63, 3.8) is 0 Å². The third kappa shape index (κ3) is 4.67. The lowest BCUT2D eigenvalue weighted by Gasteiger charge is -2.07. The van der Waals surface area contributed by atoms with Gasteiger partial charge in [-0.1, -0.05) is 37.1 Å². The first-order valence-electron chi connectivity index (χ1n) is 8.64. The van der Waals surface area contributed by atoms with Crippen molar-refractivity contribution in [3.8, 4) is 11.4 Å². The first kappa shape index (κ1) is 18.1. The molecule has 0 aliphatic heterocycles. The van der Waals surface area contributed by atoms with E-state index in [0.717, 1.165) is 17.7 Å². The molecule has 0 bridgehead atoms. The van der Waals surface area contributed by atoms with Crippen molar-refractivity contribution in [2.75, 3.05) is 5.32 Å². The SMILES string of the molecule is CCCCc1ccc(NC(=O)c2cnc(-c3ccc(Cl)cc3)nc2)cc1. The molecule has 5 heteroatoms. The van der Waals surface area contributed by atoms with Crippen molar-refractivity contribution in [2.24, 2.45) is 0 Å². The van der Waals surface area contributed by atoms with Gasteiger partial charge in [0.25, 0.3) is 5.91 Å². The number of anilines is 1. The molecule has 0 atom stereocenters. The maximum Gasteiger partial charge on any atom is 0.258 e. The van der Waals surface area contributed by atoms with Gasteiger partial charge in [0.1, 0.15) is 0 Å². The number of hydrogen-bond donors (Lipinski definition) is 1. The van der Waals surface area contributed by atoms with Crippen LogP contribution in [0.25, 0.3) is 11.4 Å². The number of carbonyl (C=O) groups excluding carboxylic acids is 1. The Kier molecular flexibility index (Phi) is 5.97. The third-order valence-electron chi connectivity index (χ3n) is 4.05. The Bertz CT molecular complexity index is 859. The van der Waals surface area contributed by atoms with E-state index in [4.69, 9.17) is 11.6 Å². The van der Waals surface area contributed by atoms with Crippen molar-refractivity contribution >= 4 is 23.2 Å². The summed E-state index contributed by atoms with van der Waals surface area (Å²) in [5, 5.41) is 3.53. The fraction of sp³-hybridized carbons (Fsp3) is 0.190. The predicted molar refractivity (Wildman–Crippen MR) is 105 cm³/mol. The van der Waals surface area contributed by atoms with E-state index >= 15 is 0 Å². The van der Waals surface area contributed by atoms with Gasteiger partial charge < -0.3 is 5.32 Å². The average molecular weight is 366 g/mol. The van der Waals surface area contributed by atoms with E-state index in [1.807, 2.05) is 36.4 Å². The fourth-order valence-electron chi connectivity index (χ4n) is 2.53. The molecule has 0 aliphatic carbocycles. The molecule has 132 valence electrons. The van der Waals surface area contributed by atoms with Crippen LogP contribution in [-0.4, -0.2) is 15.9 Å². The molecule has 0 aliphatic rings. The van der Waals surface area contributed by atoms with Crippen LogP contribution in [0.1, 0.15) is 35.7 Å². The van der Waals surface area contributed by atoms with Gasteiger partial charge in [0, 0.05) is 28.7 Å². The molecule has 1 aromatic heterocycles. The number of unbranched alkanes of at least 4 members (excludes halogenated alkanes) is 1. The lowest BCUT2D eigenvalue weighted by molar-refractivity contribution is 0.102. The average Bonchev–Trinajstić information content (AvgIpc) is 2.68. The molecule has 0 saturated heterocycles. The highest BCUT2D eigenvalue weighted by atomic mass is 35.5. The number of hydrogen-bond acceptors (Lipinski definition) is 3. The van der Waals surface area contributed by atoms with Crippen LogP contribution < -0.4 is 5.32 Å². The van der Waals surface area contributed by atoms with E-state index in [9.17, 15) is 4.79 Å². The third-order valence-corrected chi connectivity index (χ3v) is 4.30. The van der Waals surface area contributed by atoms with Crippen LogP contribution in [0.5, 0.6) is 0 Å². The number of aryl methyl sites for hydroxylation is 1.